The predicted octanol–water partition coefficient (Wildman–Crippen LogP) is 1.88. The molecule has 1 N–H and O–H groups in total. The number of hydrogen-bond donors (Lipinski definition) is 1. The monoisotopic (exact) mass is 161 g/mol. The Balaban J connectivity index is 2.88. The average molecular weight is 161 g/mol. The molecule has 0 saturated carbocycles. The molecule has 2 aromatic heterocycles. The minimum absolute atomic E-state index is 0.945. The number of hydrogen-bond acceptors (Lipinski definition) is 2. The number of aromatic amines is 1. The normalized spacial score (nSPS) is 10.9. The number of aromatic nitrogens is 3. The molecule has 2 aromatic rings. The van der Waals surface area contributed by atoms with E-state index in [9.17, 15) is 0 Å². The second-order valence-corrected chi connectivity index (χ2v) is 3.07. The quantitative estimate of drug-likeness (QED) is 0.641. The van der Waals surface area contributed by atoms with E-state index in [0.717, 1.165) is 28.2 Å². The van der Waals surface area contributed by atoms with Crippen LogP contribution in [-0.2, 0) is 0 Å². The largest absolute Gasteiger partial charge is 0.342 e. The fraction of sp³-hybridized carbons (Fsp3) is 0.333. The maximum Gasteiger partial charge on any atom is 0.110 e. The van der Waals surface area contributed by atoms with E-state index in [0.29, 0.717) is 0 Å². The van der Waals surface area contributed by atoms with Gasteiger partial charge in [0.2, 0.25) is 0 Å². The van der Waals surface area contributed by atoms with Crippen LogP contribution in [0.25, 0.3) is 11.0 Å². The Labute approximate surface area is 70.9 Å². The highest BCUT2D eigenvalue weighted by atomic mass is 14.9. The third kappa shape index (κ3) is 0.978. The number of nitrogens with one attached hydrogen (secondary N) is 1. The summed E-state index contributed by atoms with van der Waals surface area (Å²) in [7, 11) is 0. The van der Waals surface area contributed by atoms with Gasteiger partial charge in [-0.05, 0) is 26.8 Å². The van der Waals surface area contributed by atoms with Gasteiger partial charge in [0.25, 0.3) is 0 Å². The molecule has 12 heavy (non-hydrogen) atoms. The molecule has 0 aliphatic carbocycles. The zero-order valence-corrected chi connectivity index (χ0v) is 7.47. The first kappa shape index (κ1) is 7.28. The van der Waals surface area contributed by atoms with Crippen LogP contribution in [0.2, 0.25) is 0 Å². The molecular weight excluding hydrogens is 150 g/mol. The minimum atomic E-state index is 0.945. The molecule has 0 atom stereocenters. The van der Waals surface area contributed by atoms with Gasteiger partial charge in [-0.2, -0.15) is 0 Å². The van der Waals surface area contributed by atoms with E-state index in [1.165, 1.54) is 0 Å². The summed E-state index contributed by atoms with van der Waals surface area (Å²) in [5, 5.41) is 0. The first-order valence-corrected chi connectivity index (χ1v) is 3.97. The van der Waals surface area contributed by atoms with Crippen LogP contribution < -0.4 is 0 Å². The third-order valence-electron chi connectivity index (χ3n) is 1.89. The van der Waals surface area contributed by atoms with Gasteiger partial charge in [-0.15, -0.1) is 0 Å². The fourth-order valence-electron chi connectivity index (χ4n) is 1.45. The summed E-state index contributed by atoms with van der Waals surface area (Å²) in [6.45, 7) is 5.92. The van der Waals surface area contributed by atoms with E-state index in [2.05, 4.69) is 15.0 Å². The van der Waals surface area contributed by atoms with Gasteiger partial charge in [0, 0.05) is 5.69 Å². The van der Waals surface area contributed by atoms with Gasteiger partial charge in [0.15, 0.2) is 0 Å². The summed E-state index contributed by atoms with van der Waals surface area (Å²) in [5.41, 5.74) is 4.09. The molecule has 0 bridgehead atoms. The van der Waals surface area contributed by atoms with Crippen molar-refractivity contribution in [1.29, 1.82) is 0 Å². The van der Waals surface area contributed by atoms with Gasteiger partial charge in [-0.1, -0.05) is 0 Å². The van der Waals surface area contributed by atoms with Crippen molar-refractivity contribution in [2.75, 3.05) is 0 Å². The molecule has 2 heterocycles. The minimum Gasteiger partial charge on any atom is -0.342 e. The Morgan fingerprint density at radius 2 is 1.92 bits per heavy atom. The molecule has 0 unspecified atom stereocenters. The van der Waals surface area contributed by atoms with Gasteiger partial charge in [-0.3, -0.25) is 4.98 Å². The third-order valence-corrected chi connectivity index (χ3v) is 1.89. The van der Waals surface area contributed by atoms with Crippen molar-refractivity contribution in [2.24, 2.45) is 0 Å². The molecule has 0 aliphatic rings. The van der Waals surface area contributed by atoms with E-state index in [1.54, 1.807) is 0 Å². The second kappa shape index (κ2) is 2.30. The lowest BCUT2D eigenvalue weighted by atomic mass is 10.3. The van der Waals surface area contributed by atoms with Gasteiger partial charge in [0.05, 0.1) is 11.2 Å². The molecule has 0 radical (unpaired) electrons. The van der Waals surface area contributed by atoms with E-state index in [1.807, 2.05) is 26.8 Å². The van der Waals surface area contributed by atoms with Crippen molar-refractivity contribution in [1.82, 2.24) is 15.0 Å². The maximum absolute atomic E-state index is 4.34. The number of pyridine rings is 1. The molecule has 2 rings (SSSR count). The molecule has 0 saturated heterocycles. The van der Waals surface area contributed by atoms with Crippen molar-refractivity contribution in [3.63, 3.8) is 0 Å². The zero-order chi connectivity index (χ0) is 8.72. The van der Waals surface area contributed by atoms with Crippen LogP contribution in [0.4, 0.5) is 0 Å². The van der Waals surface area contributed by atoms with Gasteiger partial charge in [-0.25, -0.2) is 4.98 Å². The van der Waals surface area contributed by atoms with Crippen molar-refractivity contribution < 1.29 is 0 Å². The highest BCUT2D eigenvalue weighted by molar-refractivity contribution is 5.77. The summed E-state index contributed by atoms with van der Waals surface area (Å²) in [6.07, 6.45) is 0. The lowest BCUT2D eigenvalue weighted by Crippen LogP contribution is -1.86. The van der Waals surface area contributed by atoms with Gasteiger partial charge >= 0.3 is 0 Å². The Morgan fingerprint density at radius 1 is 1.17 bits per heavy atom. The standard InChI is InChI=1S/C9H11N3/c1-5-4-8-9(6(2)10-5)12-7(3)11-8/h4H,1-3H3,(H,11,12). The highest BCUT2D eigenvalue weighted by Crippen LogP contribution is 2.14. The Hall–Kier alpha value is -1.38. The number of H-pyrrole nitrogens is 1. The zero-order valence-electron chi connectivity index (χ0n) is 7.47. The highest BCUT2D eigenvalue weighted by Gasteiger charge is 2.03. The smallest absolute Gasteiger partial charge is 0.110 e. The lowest BCUT2D eigenvalue weighted by Gasteiger charge is -1.95. The van der Waals surface area contributed by atoms with Crippen LogP contribution in [0.3, 0.4) is 0 Å². The number of nitrogens with zero attached hydrogens (tertiary/aromatic N) is 2. The summed E-state index contributed by atoms with van der Waals surface area (Å²) in [5.74, 6) is 0.945. The van der Waals surface area contributed by atoms with Crippen LogP contribution in [0.15, 0.2) is 6.07 Å². The second-order valence-electron chi connectivity index (χ2n) is 3.07. The van der Waals surface area contributed by atoms with Crippen LogP contribution in [0, 0.1) is 20.8 Å². The Bertz CT molecular complexity index is 429. The molecule has 62 valence electrons. The summed E-state index contributed by atoms with van der Waals surface area (Å²) < 4.78 is 0. The van der Waals surface area contributed by atoms with Crippen molar-refractivity contribution >= 4 is 11.0 Å². The number of fused-ring (bicyclic) bond motifs is 1. The van der Waals surface area contributed by atoms with Crippen molar-refractivity contribution in [3.8, 4) is 0 Å². The summed E-state index contributed by atoms with van der Waals surface area (Å²) in [4.78, 5) is 11.9. The molecule has 0 spiro atoms. The SMILES string of the molecule is Cc1cc2[nH]c(C)nc2c(C)n1. The van der Waals surface area contributed by atoms with Gasteiger partial charge < -0.3 is 4.98 Å². The van der Waals surface area contributed by atoms with Gasteiger partial charge in [0.1, 0.15) is 11.3 Å². The van der Waals surface area contributed by atoms with E-state index >= 15 is 0 Å². The van der Waals surface area contributed by atoms with Crippen LogP contribution >= 0.6 is 0 Å². The maximum atomic E-state index is 4.34. The van der Waals surface area contributed by atoms with Crippen molar-refractivity contribution in [2.45, 2.75) is 20.8 Å². The van der Waals surface area contributed by atoms with E-state index in [-0.39, 0.29) is 0 Å². The fourth-order valence-corrected chi connectivity index (χ4v) is 1.45. The van der Waals surface area contributed by atoms with Crippen LogP contribution in [-0.4, -0.2) is 15.0 Å². The summed E-state index contributed by atoms with van der Waals surface area (Å²) >= 11 is 0. The first-order valence-electron chi connectivity index (χ1n) is 3.97. The molecule has 0 fully saturated rings. The predicted molar refractivity (Wildman–Crippen MR) is 48.1 cm³/mol. The number of imidazole rings is 1. The topological polar surface area (TPSA) is 41.6 Å². The molecule has 0 aliphatic heterocycles. The number of aryl methyl sites for hydroxylation is 3. The number of rotatable bonds is 0. The summed E-state index contributed by atoms with van der Waals surface area (Å²) in [6, 6.07) is 2.02. The Kier molecular flexibility index (Phi) is 1.40. The van der Waals surface area contributed by atoms with Crippen LogP contribution in [0.5, 0.6) is 0 Å². The van der Waals surface area contributed by atoms with Crippen LogP contribution in [0.1, 0.15) is 17.2 Å². The van der Waals surface area contributed by atoms with E-state index in [4.69, 9.17) is 0 Å². The first-order chi connectivity index (χ1) is 5.66. The molecule has 0 aromatic carbocycles. The molecule has 3 nitrogen and oxygen atoms in total. The molecular formula is C9H11N3. The Morgan fingerprint density at radius 3 is 2.67 bits per heavy atom. The van der Waals surface area contributed by atoms with Crippen molar-refractivity contribution in [3.05, 3.63) is 23.3 Å². The average Bonchev–Trinajstić information content (AvgIpc) is 2.29. The molecule has 0 amide bonds. The molecule has 3 heteroatoms. The lowest BCUT2D eigenvalue weighted by molar-refractivity contribution is 1.13. The van der Waals surface area contributed by atoms with E-state index < -0.39 is 0 Å².